The third-order valence-electron chi connectivity index (χ3n) is 3.20. The van der Waals surface area contributed by atoms with Gasteiger partial charge in [0.15, 0.2) is 17.2 Å². The van der Waals surface area contributed by atoms with E-state index in [0.717, 1.165) is 5.56 Å². The van der Waals surface area contributed by atoms with Gasteiger partial charge >= 0.3 is 24.1 Å². The lowest BCUT2D eigenvalue weighted by Crippen LogP contribution is -2.28. The van der Waals surface area contributed by atoms with E-state index in [0.29, 0.717) is 21.8 Å². The molecule has 0 fully saturated rings. The number of nitrogens with two attached hydrogens (primary N) is 1. The Balaban J connectivity index is 2.45. The number of alkyl halides is 3. The Morgan fingerprint density at radius 3 is 2.29 bits per heavy atom. The van der Waals surface area contributed by atoms with E-state index in [4.69, 9.17) is 15.6 Å². The number of esters is 2. The van der Waals surface area contributed by atoms with Crippen LogP contribution in [0.5, 0.6) is 5.75 Å². The molecular weight excluding hydrogens is 471 g/mol. The Morgan fingerprint density at radius 1 is 1.18 bits per heavy atom. The van der Waals surface area contributed by atoms with Crippen molar-refractivity contribution in [3.8, 4) is 16.2 Å². The molecule has 0 amide bonds. The fourth-order valence-corrected chi connectivity index (χ4v) is 3.89. The number of halogens is 4. The quantitative estimate of drug-likeness (QED) is 0.479. The Kier molecular flexibility index (Phi) is 6.80. The molecule has 0 spiro atoms. The van der Waals surface area contributed by atoms with Crippen molar-refractivity contribution in [2.75, 3.05) is 6.61 Å². The van der Waals surface area contributed by atoms with Crippen molar-refractivity contribution in [1.29, 1.82) is 0 Å². The van der Waals surface area contributed by atoms with Crippen molar-refractivity contribution in [3.63, 3.8) is 0 Å². The zero-order valence-corrected chi connectivity index (χ0v) is 16.1. The standard InChI is InChI=1S/C16H11BrF3NO6S/c17-10-11(26-6-9(22)23)13(14(24)27-15(25)16(18,19)20)28-12(10)8-3-1-7(5-21)2-4-8/h1-4H,5-6,21H2,(H,22,23). The maximum absolute atomic E-state index is 12.3. The molecule has 0 bridgehead atoms. The molecule has 0 aliphatic carbocycles. The second kappa shape index (κ2) is 8.71. The fourth-order valence-electron chi connectivity index (χ4n) is 1.96. The number of carbonyl (C=O) groups excluding carboxylic acids is 2. The van der Waals surface area contributed by atoms with Gasteiger partial charge in [0, 0.05) is 6.54 Å². The summed E-state index contributed by atoms with van der Waals surface area (Å²) in [4.78, 5) is 33.6. The summed E-state index contributed by atoms with van der Waals surface area (Å²) in [5.41, 5.74) is 6.88. The molecule has 0 aliphatic rings. The van der Waals surface area contributed by atoms with Gasteiger partial charge in [-0.3, -0.25) is 0 Å². The monoisotopic (exact) mass is 481 g/mol. The zero-order valence-electron chi connectivity index (χ0n) is 13.7. The SMILES string of the molecule is NCc1ccc(-c2sc(C(=O)OC(=O)C(F)(F)F)c(OCC(=O)O)c2Br)cc1. The molecule has 1 aromatic carbocycles. The number of carbonyl (C=O) groups is 3. The van der Waals surface area contributed by atoms with Crippen LogP contribution in [0.4, 0.5) is 13.2 Å². The molecule has 2 rings (SSSR count). The molecule has 1 heterocycles. The van der Waals surface area contributed by atoms with E-state index in [1.165, 1.54) is 0 Å². The van der Waals surface area contributed by atoms with Gasteiger partial charge in [0.2, 0.25) is 0 Å². The molecule has 0 saturated heterocycles. The van der Waals surface area contributed by atoms with Crippen LogP contribution in [0.15, 0.2) is 28.7 Å². The van der Waals surface area contributed by atoms with Gasteiger partial charge in [-0.05, 0) is 27.1 Å². The first-order valence-corrected chi connectivity index (χ1v) is 8.95. The molecule has 0 saturated carbocycles. The van der Waals surface area contributed by atoms with Gasteiger partial charge in [0.25, 0.3) is 0 Å². The molecule has 1 aromatic heterocycles. The number of aliphatic carboxylic acids is 1. The molecule has 0 aliphatic heterocycles. The molecule has 12 heteroatoms. The Labute approximate surface area is 168 Å². The van der Waals surface area contributed by atoms with Crippen LogP contribution in [0.3, 0.4) is 0 Å². The first-order valence-electron chi connectivity index (χ1n) is 7.34. The minimum absolute atomic E-state index is 0.130. The maximum Gasteiger partial charge on any atom is 0.491 e. The van der Waals surface area contributed by atoms with Crippen molar-refractivity contribution in [2.24, 2.45) is 5.73 Å². The average Bonchev–Trinajstić information content (AvgIpc) is 2.95. The van der Waals surface area contributed by atoms with Gasteiger partial charge in [-0.15, -0.1) is 11.3 Å². The number of carboxylic acids is 1. The summed E-state index contributed by atoms with van der Waals surface area (Å²) >= 11 is 3.83. The molecule has 7 nitrogen and oxygen atoms in total. The van der Waals surface area contributed by atoms with Crippen LogP contribution in [0, 0.1) is 0 Å². The lowest BCUT2D eigenvalue weighted by atomic mass is 10.1. The largest absolute Gasteiger partial charge is 0.491 e. The number of benzene rings is 1. The predicted molar refractivity (Wildman–Crippen MR) is 95.0 cm³/mol. The summed E-state index contributed by atoms with van der Waals surface area (Å²) in [5.74, 6) is -6.03. The van der Waals surface area contributed by atoms with E-state index in [9.17, 15) is 27.6 Å². The van der Waals surface area contributed by atoms with Gasteiger partial charge < -0.3 is 20.3 Å². The van der Waals surface area contributed by atoms with E-state index in [1.54, 1.807) is 24.3 Å². The van der Waals surface area contributed by atoms with Crippen molar-refractivity contribution < 1.29 is 42.1 Å². The summed E-state index contributed by atoms with van der Waals surface area (Å²) in [6, 6.07) is 6.69. The first-order chi connectivity index (χ1) is 13.0. The maximum atomic E-state index is 12.3. The second-order valence-electron chi connectivity index (χ2n) is 5.16. The third kappa shape index (κ3) is 5.09. The van der Waals surface area contributed by atoms with E-state index in [-0.39, 0.29) is 16.8 Å². The van der Waals surface area contributed by atoms with Crippen molar-refractivity contribution in [3.05, 3.63) is 39.2 Å². The normalized spacial score (nSPS) is 11.2. The highest BCUT2D eigenvalue weighted by atomic mass is 79.9. The highest BCUT2D eigenvalue weighted by molar-refractivity contribution is 9.10. The zero-order chi connectivity index (χ0) is 21.1. The lowest BCUT2D eigenvalue weighted by molar-refractivity contribution is -0.193. The van der Waals surface area contributed by atoms with Gasteiger partial charge in [0.05, 0.1) is 9.35 Å². The average molecular weight is 482 g/mol. The van der Waals surface area contributed by atoms with Gasteiger partial charge in [-0.1, -0.05) is 24.3 Å². The summed E-state index contributed by atoms with van der Waals surface area (Å²) < 4.78 is 46.0. The number of hydrogen-bond donors (Lipinski definition) is 2. The number of rotatable bonds is 6. The van der Waals surface area contributed by atoms with Crippen molar-refractivity contribution in [2.45, 2.75) is 12.7 Å². The van der Waals surface area contributed by atoms with Crippen molar-refractivity contribution in [1.82, 2.24) is 0 Å². The third-order valence-corrected chi connectivity index (χ3v) is 5.42. The second-order valence-corrected chi connectivity index (χ2v) is 6.98. The fraction of sp³-hybridized carbons (Fsp3) is 0.188. The predicted octanol–water partition coefficient (Wildman–Crippen LogP) is 3.35. The molecule has 2 aromatic rings. The van der Waals surface area contributed by atoms with Crippen LogP contribution in [0.2, 0.25) is 0 Å². The van der Waals surface area contributed by atoms with Crippen LogP contribution in [-0.2, 0) is 20.9 Å². The van der Waals surface area contributed by atoms with E-state index >= 15 is 0 Å². The van der Waals surface area contributed by atoms with Crippen LogP contribution in [0.1, 0.15) is 15.2 Å². The summed E-state index contributed by atoms with van der Waals surface area (Å²) in [7, 11) is 0. The number of hydrogen-bond acceptors (Lipinski definition) is 7. The van der Waals surface area contributed by atoms with Crippen LogP contribution in [-0.4, -0.2) is 35.8 Å². The van der Waals surface area contributed by atoms with Gasteiger partial charge in [-0.25, -0.2) is 14.4 Å². The van der Waals surface area contributed by atoms with E-state index < -0.39 is 35.6 Å². The minimum Gasteiger partial charge on any atom is -0.479 e. The number of thiophene rings is 1. The molecule has 150 valence electrons. The molecule has 0 atom stereocenters. The van der Waals surface area contributed by atoms with Crippen molar-refractivity contribution >= 4 is 45.2 Å². The summed E-state index contributed by atoms with van der Waals surface area (Å²) in [5, 5.41) is 8.76. The summed E-state index contributed by atoms with van der Waals surface area (Å²) in [6.45, 7) is -0.579. The molecule has 0 radical (unpaired) electrons. The first kappa shape index (κ1) is 21.9. The Morgan fingerprint density at radius 2 is 1.79 bits per heavy atom. The molecule has 0 unspecified atom stereocenters. The molecule has 28 heavy (non-hydrogen) atoms. The highest BCUT2D eigenvalue weighted by Crippen LogP contribution is 2.46. The van der Waals surface area contributed by atoms with Gasteiger partial charge in [0.1, 0.15) is 0 Å². The number of carboxylic acid groups (broad SMARTS) is 1. The van der Waals surface area contributed by atoms with E-state index in [2.05, 4.69) is 20.7 Å². The Hall–Kier alpha value is -2.44. The minimum atomic E-state index is -5.37. The van der Waals surface area contributed by atoms with Gasteiger partial charge in [-0.2, -0.15) is 13.2 Å². The number of ether oxygens (including phenoxy) is 2. The lowest BCUT2D eigenvalue weighted by Gasteiger charge is -2.07. The smallest absolute Gasteiger partial charge is 0.479 e. The molecule has 3 N–H and O–H groups in total. The van der Waals surface area contributed by atoms with E-state index in [1.807, 2.05) is 0 Å². The van der Waals surface area contributed by atoms with Crippen LogP contribution < -0.4 is 10.5 Å². The Bertz CT molecular complexity index is 910. The van der Waals surface area contributed by atoms with Crippen LogP contribution in [0.25, 0.3) is 10.4 Å². The summed E-state index contributed by atoms with van der Waals surface area (Å²) in [6.07, 6.45) is -5.37. The highest BCUT2D eigenvalue weighted by Gasteiger charge is 2.43. The topological polar surface area (TPSA) is 116 Å². The van der Waals surface area contributed by atoms with Crippen LogP contribution >= 0.6 is 27.3 Å². The molecular formula is C16H11BrF3NO6S.